The van der Waals surface area contributed by atoms with Crippen molar-refractivity contribution in [2.75, 3.05) is 31.3 Å². The van der Waals surface area contributed by atoms with E-state index < -0.39 is 0 Å². The van der Waals surface area contributed by atoms with E-state index in [0.717, 1.165) is 54.5 Å². The van der Waals surface area contributed by atoms with Crippen LogP contribution in [-0.2, 0) is 36.9 Å². The smallest absolute Gasteiger partial charge is 0.305 e. The maximum atomic E-state index is 13.6. The molecule has 2 heterocycles. The van der Waals surface area contributed by atoms with Crippen molar-refractivity contribution < 1.29 is 23.9 Å². The Kier molecular flexibility index (Phi) is 12.3. The fraction of sp³-hybridized carbons (Fsp3) is 0.485. The second-order valence-electron chi connectivity index (χ2n) is 10.7. The molecule has 0 atom stereocenters. The molecule has 1 aliphatic heterocycles. The van der Waals surface area contributed by atoms with Gasteiger partial charge in [0.05, 0.1) is 31.1 Å². The summed E-state index contributed by atoms with van der Waals surface area (Å²) in [5.74, 6) is -0.528. The van der Waals surface area contributed by atoms with Crippen LogP contribution >= 0.6 is 0 Å². The molecule has 2 aromatic carbocycles. The van der Waals surface area contributed by atoms with E-state index in [-0.39, 0.29) is 37.2 Å². The minimum Gasteiger partial charge on any atom is -0.464 e. The molecule has 1 aromatic heterocycles. The van der Waals surface area contributed by atoms with E-state index in [4.69, 9.17) is 9.47 Å². The lowest BCUT2D eigenvalue weighted by atomic mass is 9.95. The van der Waals surface area contributed by atoms with Gasteiger partial charge in [-0.3, -0.25) is 14.4 Å². The van der Waals surface area contributed by atoms with Gasteiger partial charge < -0.3 is 19.7 Å². The first-order valence-corrected chi connectivity index (χ1v) is 15.4. The second-order valence-corrected chi connectivity index (χ2v) is 10.7. The number of nitrogens with zero attached hydrogens (tertiary/aromatic N) is 4. The molecule has 0 aliphatic carbocycles. The van der Waals surface area contributed by atoms with E-state index in [9.17, 15) is 14.4 Å². The van der Waals surface area contributed by atoms with Crippen LogP contribution in [0.1, 0.15) is 70.8 Å². The molecule has 0 spiro atoms. The van der Waals surface area contributed by atoms with Gasteiger partial charge in [0.15, 0.2) is 0 Å². The van der Waals surface area contributed by atoms with E-state index in [1.54, 1.807) is 9.58 Å². The third-order valence-electron chi connectivity index (χ3n) is 7.37. The van der Waals surface area contributed by atoms with Gasteiger partial charge >= 0.3 is 5.97 Å². The van der Waals surface area contributed by atoms with Gasteiger partial charge in [0.25, 0.3) is 0 Å². The van der Waals surface area contributed by atoms with E-state index in [1.165, 1.54) is 0 Å². The first-order chi connectivity index (χ1) is 21.0. The average Bonchev–Trinajstić information content (AvgIpc) is 3.43. The number of anilines is 1. The molecule has 1 aliphatic rings. The van der Waals surface area contributed by atoms with Crippen LogP contribution in [0.15, 0.2) is 48.5 Å². The Bertz CT molecular complexity index is 1370. The topological polar surface area (TPSA) is 116 Å². The van der Waals surface area contributed by atoms with Crippen LogP contribution in [0, 0.1) is 0 Å². The normalized spacial score (nSPS) is 12.0. The number of aromatic nitrogens is 3. The van der Waals surface area contributed by atoms with E-state index >= 15 is 0 Å². The monoisotopic (exact) mass is 589 g/mol. The molecule has 230 valence electrons. The average molecular weight is 590 g/mol. The summed E-state index contributed by atoms with van der Waals surface area (Å²) in [4.78, 5) is 40.0. The lowest BCUT2D eigenvalue weighted by Crippen LogP contribution is -2.33. The fourth-order valence-corrected chi connectivity index (χ4v) is 5.16. The Hall–Kier alpha value is -4.05. The molecule has 1 N–H and O–H groups in total. The predicted molar refractivity (Wildman–Crippen MR) is 165 cm³/mol. The molecule has 0 unspecified atom stereocenters. The molecule has 10 heteroatoms. The van der Waals surface area contributed by atoms with Crippen LogP contribution in [0.2, 0.25) is 0 Å². The number of carbonyl (C=O) groups excluding carboxylic acids is 3. The number of nitrogens with one attached hydrogen (secondary N) is 1. The SMILES string of the molecule is CCCCCCC(=O)OCCn1nnc2c1-c1ccccc1CN(C(=O)CCC(=O)NCCOCCC)c1ccccc1-2. The molecule has 0 saturated heterocycles. The number of esters is 1. The summed E-state index contributed by atoms with van der Waals surface area (Å²) in [5, 5.41) is 11.8. The molecule has 0 fully saturated rings. The van der Waals surface area contributed by atoms with Gasteiger partial charge in [-0.15, -0.1) is 5.10 Å². The zero-order valence-corrected chi connectivity index (χ0v) is 25.3. The molecule has 0 saturated carbocycles. The van der Waals surface area contributed by atoms with Gasteiger partial charge in [-0.25, -0.2) is 4.68 Å². The summed E-state index contributed by atoms with van der Waals surface area (Å²) < 4.78 is 12.7. The van der Waals surface area contributed by atoms with Crippen LogP contribution in [0.5, 0.6) is 0 Å². The minimum atomic E-state index is -0.197. The van der Waals surface area contributed by atoms with Gasteiger partial charge in [-0.2, -0.15) is 0 Å². The fourth-order valence-electron chi connectivity index (χ4n) is 5.16. The van der Waals surface area contributed by atoms with Gasteiger partial charge in [0, 0.05) is 43.5 Å². The Balaban J connectivity index is 1.51. The van der Waals surface area contributed by atoms with Crippen molar-refractivity contribution in [1.82, 2.24) is 20.3 Å². The zero-order chi connectivity index (χ0) is 30.4. The zero-order valence-electron chi connectivity index (χ0n) is 25.3. The number of hydrogen-bond acceptors (Lipinski definition) is 7. The number of rotatable bonds is 16. The maximum absolute atomic E-state index is 13.6. The van der Waals surface area contributed by atoms with Crippen molar-refractivity contribution in [3.63, 3.8) is 0 Å². The van der Waals surface area contributed by atoms with E-state index in [0.29, 0.717) is 50.7 Å². The van der Waals surface area contributed by atoms with Crippen LogP contribution in [0.4, 0.5) is 5.69 Å². The number of amides is 2. The molecule has 0 radical (unpaired) electrons. The highest BCUT2D eigenvalue weighted by Gasteiger charge is 2.29. The van der Waals surface area contributed by atoms with Crippen LogP contribution in [0.3, 0.4) is 0 Å². The lowest BCUT2D eigenvalue weighted by molar-refractivity contribution is -0.144. The highest BCUT2D eigenvalue weighted by molar-refractivity contribution is 6.01. The van der Waals surface area contributed by atoms with Crippen molar-refractivity contribution in [2.45, 2.75) is 78.3 Å². The van der Waals surface area contributed by atoms with Crippen molar-refractivity contribution in [3.05, 3.63) is 54.1 Å². The molecular weight excluding hydrogens is 546 g/mol. The summed E-state index contributed by atoms with van der Waals surface area (Å²) in [7, 11) is 0. The first-order valence-electron chi connectivity index (χ1n) is 15.4. The number of para-hydroxylation sites is 1. The van der Waals surface area contributed by atoms with Crippen LogP contribution in [-0.4, -0.2) is 59.1 Å². The summed E-state index contributed by atoms with van der Waals surface area (Å²) >= 11 is 0. The highest BCUT2D eigenvalue weighted by atomic mass is 16.5. The molecule has 10 nitrogen and oxygen atoms in total. The maximum Gasteiger partial charge on any atom is 0.305 e. The van der Waals surface area contributed by atoms with Crippen LogP contribution in [0.25, 0.3) is 22.5 Å². The van der Waals surface area contributed by atoms with E-state index in [1.807, 2.05) is 55.5 Å². The Morgan fingerprint density at radius 1 is 0.860 bits per heavy atom. The van der Waals surface area contributed by atoms with Gasteiger partial charge in [-0.1, -0.05) is 80.8 Å². The minimum absolute atomic E-state index is 0.0709. The summed E-state index contributed by atoms with van der Waals surface area (Å²) in [6, 6.07) is 15.5. The lowest BCUT2D eigenvalue weighted by Gasteiger charge is -2.28. The first kappa shape index (κ1) is 31.9. The third kappa shape index (κ3) is 8.73. The van der Waals surface area contributed by atoms with Gasteiger partial charge in [0.2, 0.25) is 11.8 Å². The molecular formula is C33H43N5O5. The molecule has 4 rings (SSSR count). The summed E-state index contributed by atoms with van der Waals surface area (Å²) in [5.41, 5.74) is 4.79. The van der Waals surface area contributed by atoms with Crippen molar-refractivity contribution in [1.29, 1.82) is 0 Å². The van der Waals surface area contributed by atoms with Crippen LogP contribution < -0.4 is 10.2 Å². The third-order valence-corrected chi connectivity index (χ3v) is 7.37. The predicted octanol–water partition coefficient (Wildman–Crippen LogP) is 5.30. The van der Waals surface area contributed by atoms with Crippen molar-refractivity contribution in [2.24, 2.45) is 0 Å². The van der Waals surface area contributed by atoms with Crippen molar-refractivity contribution >= 4 is 23.5 Å². The molecule has 3 aromatic rings. The molecule has 2 amide bonds. The number of unbranched alkanes of at least 4 members (excludes halogenated alkanes) is 3. The molecule has 0 bridgehead atoms. The quantitative estimate of drug-likeness (QED) is 0.178. The number of ether oxygens (including phenoxy) is 2. The Morgan fingerprint density at radius 3 is 2.47 bits per heavy atom. The standard InChI is InChI=1S/C33H43N5O5/c1-3-5-6-7-16-31(41)43-23-20-38-33-26-13-9-8-12-25(26)24-37(28-15-11-10-14-27(28)32(33)35-36-38)30(40)18-17-29(39)34-19-22-42-21-4-2/h8-15H,3-7,16-24H2,1-2H3,(H,34,39). The molecule has 43 heavy (non-hydrogen) atoms. The van der Waals surface area contributed by atoms with Crippen molar-refractivity contribution in [3.8, 4) is 22.5 Å². The summed E-state index contributed by atoms with van der Waals surface area (Å²) in [6.45, 7) is 6.59. The second kappa shape index (κ2) is 16.6. The van der Waals surface area contributed by atoms with Gasteiger partial charge in [0.1, 0.15) is 12.3 Å². The number of carbonyl (C=O) groups is 3. The van der Waals surface area contributed by atoms with Gasteiger partial charge in [-0.05, 0) is 24.5 Å². The number of hydrogen-bond donors (Lipinski definition) is 1. The number of benzene rings is 2. The number of fused-ring (bicyclic) bond motifs is 5. The highest BCUT2D eigenvalue weighted by Crippen LogP contribution is 2.41. The van der Waals surface area contributed by atoms with E-state index in [2.05, 4.69) is 22.6 Å². The Labute approximate surface area is 253 Å². The largest absolute Gasteiger partial charge is 0.464 e. The summed E-state index contributed by atoms with van der Waals surface area (Å²) in [6.07, 6.45) is 5.61. The Morgan fingerprint density at radius 2 is 1.65 bits per heavy atom.